The third kappa shape index (κ3) is 5.37. The number of sulfonamides is 1. The Labute approximate surface area is 139 Å². The molecule has 0 radical (unpaired) electrons. The zero-order valence-corrected chi connectivity index (χ0v) is 14.7. The van der Waals surface area contributed by atoms with Gasteiger partial charge in [-0.2, -0.15) is 0 Å². The fourth-order valence-corrected chi connectivity index (χ4v) is 4.60. The minimum atomic E-state index is -3.19. The number of nitrogens with two attached hydrogens (primary N) is 1. The lowest BCUT2D eigenvalue weighted by Gasteiger charge is -2.22. The predicted molar refractivity (Wildman–Crippen MR) is 89.3 cm³/mol. The number of carbonyl (C=O) groups excluding carboxylic acids is 1. The first-order valence-electron chi connectivity index (χ1n) is 7.86. The Hall–Kier alpha value is -0.370. The molecule has 0 aliphatic heterocycles. The van der Waals surface area contributed by atoms with Gasteiger partial charge in [0.2, 0.25) is 15.9 Å². The highest BCUT2D eigenvalue weighted by Gasteiger charge is 2.34. The van der Waals surface area contributed by atoms with E-state index in [0.29, 0.717) is 19.0 Å². The zero-order chi connectivity index (χ0) is 15.5. The van der Waals surface area contributed by atoms with Gasteiger partial charge >= 0.3 is 0 Å². The maximum atomic E-state index is 12.3. The summed E-state index contributed by atoms with van der Waals surface area (Å²) in [5.74, 6) is 0.630. The van der Waals surface area contributed by atoms with E-state index in [1.807, 2.05) is 0 Å². The van der Waals surface area contributed by atoms with Crippen molar-refractivity contribution < 1.29 is 13.2 Å². The molecule has 2 unspecified atom stereocenters. The summed E-state index contributed by atoms with van der Waals surface area (Å²) in [4.78, 5) is 12.3. The van der Waals surface area contributed by atoms with Gasteiger partial charge in [0.1, 0.15) is 0 Å². The molecule has 2 fully saturated rings. The first-order valence-corrected chi connectivity index (χ1v) is 9.75. The molecule has 1 amide bonds. The summed E-state index contributed by atoms with van der Waals surface area (Å²) in [6, 6.07) is -0.0471. The zero-order valence-electron chi connectivity index (χ0n) is 13.1. The third-order valence-corrected chi connectivity index (χ3v) is 5.59. The summed E-state index contributed by atoms with van der Waals surface area (Å²) in [5.41, 5.74) is 5.72. The summed E-state index contributed by atoms with van der Waals surface area (Å²) in [7, 11) is -3.19. The SMILES string of the molecule is CS(=O)(=O)NC1CCCC1CNC(=O)[C@@H]1CCC[C@@H]1CN.Cl. The molecule has 2 aliphatic rings. The van der Waals surface area contributed by atoms with E-state index in [1.54, 1.807) is 0 Å². The molecule has 0 aromatic heterocycles. The van der Waals surface area contributed by atoms with Crippen LogP contribution in [0.15, 0.2) is 0 Å². The van der Waals surface area contributed by atoms with Gasteiger partial charge in [-0.05, 0) is 44.1 Å². The molecule has 8 heteroatoms. The van der Waals surface area contributed by atoms with Crippen molar-refractivity contribution in [2.45, 2.75) is 44.6 Å². The average molecular weight is 354 g/mol. The quantitative estimate of drug-likeness (QED) is 0.651. The van der Waals surface area contributed by atoms with E-state index in [2.05, 4.69) is 10.0 Å². The van der Waals surface area contributed by atoms with Crippen LogP contribution in [0.5, 0.6) is 0 Å². The van der Waals surface area contributed by atoms with E-state index in [0.717, 1.165) is 38.5 Å². The van der Waals surface area contributed by atoms with Crippen LogP contribution >= 0.6 is 12.4 Å². The van der Waals surface area contributed by atoms with Crippen molar-refractivity contribution in [3.05, 3.63) is 0 Å². The third-order valence-electron chi connectivity index (χ3n) is 4.86. The van der Waals surface area contributed by atoms with Crippen LogP contribution in [0.1, 0.15) is 38.5 Å². The van der Waals surface area contributed by atoms with E-state index in [1.165, 1.54) is 6.26 Å². The van der Waals surface area contributed by atoms with Crippen LogP contribution in [0.25, 0.3) is 0 Å². The number of hydrogen-bond acceptors (Lipinski definition) is 4. The van der Waals surface area contributed by atoms with Gasteiger partial charge in [-0.15, -0.1) is 12.4 Å². The summed E-state index contributed by atoms with van der Waals surface area (Å²) < 4.78 is 25.4. The molecule has 2 rings (SSSR count). The fourth-order valence-electron chi connectivity index (χ4n) is 3.74. The molecule has 4 N–H and O–H groups in total. The van der Waals surface area contributed by atoms with E-state index in [4.69, 9.17) is 5.73 Å². The van der Waals surface area contributed by atoms with Gasteiger partial charge in [0.15, 0.2) is 0 Å². The van der Waals surface area contributed by atoms with Gasteiger partial charge in [-0.25, -0.2) is 13.1 Å². The van der Waals surface area contributed by atoms with Crippen molar-refractivity contribution in [1.82, 2.24) is 10.0 Å². The van der Waals surface area contributed by atoms with Crippen LogP contribution in [0.4, 0.5) is 0 Å². The maximum absolute atomic E-state index is 12.3. The van der Waals surface area contributed by atoms with Gasteiger partial charge in [0.05, 0.1) is 6.26 Å². The molecule has 0 saturated heterocycles. The number of rotatable bonds is 6. The minimum absolute atomic E-state index is 0. The van der Waals surface area contributed by atoms with Gasteiger partial charge in [0, 0.05) is 18.5 Å². The van der Waals surface area contributed by atoms with Gasteiger partial charge < -0.3 is 11.1 Å². The Morgan fingerprint density at radius 3 is 2.41 bits per heavy atom. The summed E-state index contributed by atoms with van der Waals surface area (Å²) in [6.07, 6.45) is 7.02. The van der Waals surface area contributed by atoms with Crippen LogP contribution in [-0.4, -0.2) is 39.7 Å². The lowest BCUT2D eigenvalue weighted by molar-refractivity contribution is -0.126. The summed E-state index contributed by atoms with van der Waals surface area (Å²) in [6.45, 7) is 1.12. The van der Waals surface area contributed by atoms with Crippen molar-refractivity contribution in [1.29, 1.82) is 0 Å². The highest BCUT2D eigenvalue weighted by Crippen LogP contribution is 2.31. The molecule has 4 atom stereocenters. The molecule has 2 aliphatic carbocycles. The Morgan fingerprint density at radius 2 is 1.77 bits per heavy atom. The fraction of sp³-hybridized carbons (Fsp3) is 0.929. The second kappa shape index (κ2) is 8.47. The van der Waals surface area contributed by atoms with Gasteiger partial charge in [-0.1, -0.05) is 12.8 Å². The number of carbonyl (C=O) groups is 1. The van der Waals surface area contributed by atoms with Crippen LogP contribution in [0.2, 0.25) is 0 Å². The Kier molecular flexibility index (Phi) is 7.58. The topological polar surface area (TPSA) is 101 Å². The molecule has 0 aromatic carbocycles. The predicted octanol–water partition coefficient (Wildman–Crippen LogP) is 0.617. The molecule has 130 valence electrons. The van der Waals surface area contributed by atoms with Crippen LogP contribution in [-0.2, 0) is 14.8 Å². The summed E-state index contributed by atoms with van der Waals surface area (Å²) in [5, 5.41) is 3.02. The first kappa shape index (κ1) is 19.7. The lowest BCUT2D eigenvalue weighted by atomic mass is 9.95. The monoisotopic (exact) mass is 353 g/mol. The smallest absolute Gasteiger partial charge is 0.223 e. The minimum Gasteiger partial charge on any atom is -0.356 e. The normalized spacial score (nSPS) is 31.7. The highest BCUT2D eigenvalue weighted by molar-refractivity contribution is 7.88. The molecule has 0 aromatic rings. The number of halogens is 1. The molecule has 0 bridgehead atoms. The number of hydrogen-bond donors (Lipinski definition) is 3. The molecular formula is C14H28ClN3O3S. The molecule has 0 heterocycles. The number of amides is 1. The lowest BCUT2D eigenvalue weighted by Crippen LogP contribution is -2.43. The second-order valence-electron chi connectivity index (χ2n) is 6.47. The van der Waals surface area contributed by atoms with E-state index in [9.17, 15) is 13.2 Å². The molecule has 6 nitrogen and oxygen atoms in total. The van der Waals surface area contributed by atoms with Crippen molar-refractivity contribution in [2.24, 2.45) is 23.5 Å². The van der Waals surface area contributed by atoms with Crippen molar-refractivity contribution >= 4 is 28.3 Å². The largest absolute Gasteiger partial charge is 0.356 e. The standard InChI is InChI=1S/C14H27N3O3S.ClH/c1-21(19,20)17-13-7-3-5-11(13)9-16-14(18)12-6-2-4-10(12)8-15;/h10-13,17H,2-9,15H2,1H3,(H,16,18);1H/t10-,11?,12-,13?;/m1./s1. The molecule has 22 heavy (non-hydrogen) atoms. The Morgan fingerprint density at radius 1 is 1.14 bits per heavy atom. The van der Waals surface area contributed by atoms with Crippen LogP contribution in [0, 0.1) is 17.8 Å². The maximum Gasteiger partial charge on any atom is 0.223 e. The molecule has 2 saturated carbocycles. The van der Waals surface area contributed by atoms with E-state index >= 15 is 0 Å². The molecular weight excluding hydrogens is 326 g/mol. The van der Waals surface area contributed by atoms with Crippen LogP contribution < -0.4 is 15.8 Å². The molecule has 0 spiro atoms. The summed E-state index contributed by atoms with van der Waals surface area (Å²) >= 11 is 0. The average Bonchev–Trinajstić information content (AvgIpc) is 3.02. The van der Waals surface area contributed by atoms with E-state index in [-0.39, 0.29) is 36.2 Å². The first-order chi connectivity index (χ1) is 9.90. The second-order valence-corrected chi connectivity index (χ2v) is 8.25. The van der Waals surface area contributed by atoms with Crippen molar-refractivity contribution in [2.75, 3.05) is 19.3 Å². The van der Waals surface area contributed by atoms with Gasteiger partial charge in [-0.3, -0.25) is 4.79 Å². The van der Waals surface area contributed by atoms with E-state index < -0.39 is 10.0 Å². The van der Waals surface area contributed by atoms with Crippen molar-refractivity contribution in [3.63, 3.8) is 0 Å². The Balaban J connectivity index is 0.00000242. The van der Waals surface area contributed by atoms with Crippen molar-refractivity contribution in [3.8, 4) is 0 Å². The highest BCUT2D eigenvalue weighted by atomic mass is 35.5. The van der Waals surface area contributed by atoms with Gasteiger partial charge in [0.25, 0.3) is 0 Å². The van der Waals surface area contributed by atoms with Crippen LogP contribution in [0.3, 0.4) is 0 Å². The Bertz CT molecular complexity index is 472. The number of nitrogens with one attached hydrogen (secondary N) is 2.